The van der Waals surface area contributed by atoms with E-state index in [2.05, 4.69) is 37.9 Å². The zero-order valence-corrected chi connectivity index (χ0v) is 15.9. The first kappa shape index (κ1) is 29.9. The third-order valence-electron chi connectivity index (χ3n) is 1.50. The van der Waals surface area contributed by atoms with Crippen LogP contribution in [0, 0.1) is 0 Å². The van der Waals surface area contributed by atoms with Crippen molar-refractivity contribution in [3.63, 3.8) is 0 Å². The van der Waals surface area contributed by atoms with Crippen molar-refractivity contribution in [3.05, 3.63) is 0 Å². The molecule has 0 bridgehead atoms. The van der Waals surface area contributed by atoms with Crippen molar-refractivity contribution >= 4 is 73.7 Å². The number of carbonyl (C=O) groups is 3. The van der Waals surface area contributed by atoms with Crippen LogP contribution in [0.5, 0.6) is 0 Å². The van der Waals surface area contributed by atoms with Gasteiger partial charge in [-0.3, -0.25) is 0 Å². The van der Waals surface area contributed by atoms with Crippen molar-refractivity contribution in [2.45, 2.75) is 18.1 Å². The largest absolute Gasteiger partial charge is 3.00 e. The van der Waals surface area contributed by atoms with E-state index in [9.17, 15) is 29.7 Å². The summed E-state index contributed by atoms with van der Waals surface area (Å²) in [6.07, 6.45) is 0. The fourth-order valence-corrected chi connectivity index (χ4v) is 0.671. The van der Waals surface area contributed by atoms with E-state index in [4.69, 9.17) is 17.2 Å². The van der Waals surface area contributed by atoms with E-state index < -0.39 is 36.0 Å². The summed E-state index contributed by atoms with van der Waals surface area (Å²) in [4.78, 5) is 28.9. The van der Waals surface area contributed by atoms with Gasteiger partial charge in [-0.15, -0.1) is 0 Å². The van der Waals surface area contributed by atoms with Gasteiger partial charge in [-0.2, -0.15) is 37.9 Å². The zero-order valence-electron chi connectivity index (χ0n) is 11.3. The van der Waals surface area contributed by atoms with Crippen LogP contribution in [-0.4, -0.2) is 71.2 Å². The minimum atomic E-state index is -1.25. The van der Waals surface area contributed by atoms with Crippen molar-refractivity contribution in [2.75, 3.05) is 17.3 Å². The Morgan fingerprint density at radius 1 is 0.682 bits per heavy atom. The van der Waals surface area contributed by atoms with Crippen LogP contribution >= 0.6 is 37.9 Å². The van der Waals surface area contributed by atoms with Gasteiger partial charge in [-0.05, 0) is 0 Å². The first-order valence-corrected chi connectivity index (χ1v) is 7.16. The monoisotopic (exact) mass is 435 g/mol. The number of hydrogen-bond donors (Lipinski definition) is 6. The summed E-state index contributed by atoms with van der Waals surface area (Å²) in [5.41, 5.74) is 14.6. The van der Waals surface area contributed by atoms with Crippen LogP contribution < -0.4 is 32.5 Å². The summed E-state index contributed by atoms with van der Waals surface area (Å²) >= 11 is 10.8. The number of hydrogen-bond acceptors (Lipinski definition) is 12. The van der Waals surface area contributed by atoms with Gasteiger partial charge in [0.15, 0.2) is 0 Å². The molecule has 0 saturated heterocycles. The number of rotatable bonds is 6. The Hall–Kier alpha value is -0.102. The fraction of sp³-hybridized carbons (Fsp3) is 0.667. The van der Waals surface area contributed by atoms with Gasteiger partial charge in [0, 0.05) is 17.3 Å². The molecule has 0 aliphatic rings. The molecule has 6 N–H and O–H groups in total. The fourth-order valence-electron chi connectivity index (χ4n) is 0.224. The molecule has 0 aromatic carbocycles. The predicted octanol–water partition coefficient (Wildman–Crippen LogP) is -6.40. The van der Waals surface area contributed by atoms with E-state index in [1.54, 1.807) is 0 Å². The number of carboxylic acid groups (broad SMARTS) is 3. The summed E-state index contributed by atoms with van der Waals surface area (Å²) < 4.78 is 0. The zero-order chi connectivity index (χ0) is 17.6. The van der Waals surface area contributed by atoms with Gasteiger partial charge in [-0.1, -0.05) is 0 Å². The second-order valence-corrected chi connectivity index (χ2v) is 4.42. The van der Waals surface area contributed by atoms with Crippen molar-refractivity contribution in [2.24, 2.45) is 17.2 Å². The third-order valence-corrected chi connectivity index (χ3v) is 2.68. The average Bonchev–Trinajstić information content (AvgIpc) is 2.45. The van der Waals surface area contributed by atoms with Crippen molar-refractivity contribution in [1.29, 1.82) is 0 Å². The van der Waals surface area contributed by atoms with E-state index in [1.807, 2.05) is 0 Å². The summed E-state index contributed by atoms with van der Waals surface area (Å²) in [6.45, 7) is 0. The van der Waals surface area contributed by atoms with Crippen molar-refractivity contribution in [1.82, 2.24) is 0 Å². The Bertz CT molecular complexity index is 279. The molecule has 0 saturated carbocycles. The van der Waals surface area contributed by atoms with Gasteiger partial charge < -0.3 is 46.9 Å². The maximum atomic E-state index is 9.65. The minimum Gasteiger partial charge on any atom is -0.548 e. The van der Waals surface area contributed by atoms with E-state index in [0.717, 1.165) is 0 Å². The van der Waals surface area contributed by atoms with Crippen LogP contribution in [0.4, 0.5) is 0 Å². The van der Waals surface area contributed by atoms with Crippen LogP contribution in [0.1, 0.15) is 0 Å². The number of carbonyl (C=O) groups excluding carboxylic acids is 3. The minimum absolute atomic E-state index is 0. The molecule has 9 nitrogen and oxygen atoms in total. The molecule has 0 heterocycles. The molecule has 0 amide bonds. The Morgan fingerprint density at radius 3 is 0.818 bits per heavy atom. The molecule has 0 aromatic rings. The molecule has 22 heavy (non-hydrogen) atoms. The molecular formula is C9H18AsN3O6S3. The molecule has 128 valence electrons. The number of thiol groups is 3. The summed E-state index contributed by atoms with van der Waals surface area (Å²) in [6, 6.07) is -2.78. The van der Waals surface area contributed by atoms with E-state index in [-0.39, 0.29) is 35.2 Å². The van der Waals surface area contributed by atoms with Gasteiger partial charge in [0.1, 0.15) is 0 Å². The van der Waals surface area contributed by atoms with Gasteiger partial charge in [0.25, 0.3) is 0 Å². The van der Waals surface area contributed by atoms with Crippen LogP contribution in [0.3, 0.4) is 0 Å². The van der Waals surface area contributed by atoms with Crippen molar-refractivity contribution < 1.29 is 29.7 Å². The Balaban J connectivity index is -0.000000108. The van der Waals surface area contributed by atoms with Crippen LogP contribution in [-0.2, 0) is 14.4 Å². The maximum absolute atomic E-state index is 9.65. The number of carboxylic acids is 3. The Morgan fingerprint density at radius 2 is 0.818 bits per heavy atom. The van der Waals surface area contributed by atoms with Gasteiger partial charge in [0.05, 0.1) is 36.0 Å². The average molecular weight is 435 g/mol. The van der Waals surface area contributed by atoms with E-state index >= 15 is 0 Å². The SMILES string of the molecule is NC(CS)C(=O)[O-].NC(CS)C(=O)[O-].NC(CS)C(=O)[O-].[As+3]. The number of nitrogens with two attached hydrogens (primary N) is 3. The third kappa shape index (κ3) is 22.2. The second kappa shape index (κ2) is 18.9. The quantitative estimate of drug-likeness (QED) is 0.173. The Kier molecular flexibility index (Phi) is 25.7. The van der Waals surface area contributed by atoms with Crippen LogP contribution in [0.15, 0.2) is 0 Å². The number of aliphatic carboxylic acids is 3. The van der Waals surface area contributed by atoms with Crippen molar-refractivity contribution in [3.8, 4) is 0 Å². The molecule has 2 radical (unpaired) electrons. The topological polar surface area (TPSA) is 198 Å². The molecule has 13 heteroatoms. The molecule has 0 aliphatic carbocycles. The molecule has 0 fully saturated rings. The maximum Gasteiger partial charge on any atom is 3.00 e. The molecule has 0 rings (SSSR count). The van der Waals surface area contributed by atoms with Crippen LogP contribution in [0.25, 0.3) is 0 Å². The molecule has 3 unspecified atom stereocenters. The summed E-state index contributed by atoms with van der Waals surface area (Å²) in [5.74, 6) is -3.38. The second-order valence-electron chi connectivity index (χ2n) is 3.32. The predicted molar refractivity (Wildman–Crippen MR) is 86.3 cm³/mol. The van der Waals surface area contributed by atoms with Gasteiger partial charge in [0.2, 0.25) is 0 Å². The first-order valence-electron chi connectivity index (χ1n) is 5.26. The van der Waals surface area contributed by atoms with E-state index in [1.165, 1.54) is 0 Å². The molecule has 0 spiro atoms. The smallest absolute Gasteiger partial charge is 0.548 e. The first-order chi connectivity index (χ1) is 9.54. The molecule has 3 atom stereocenters. The standard InChI is InChI=1S/3C3H7NO2S.As/c3*4-2(1-7)3(5)6;/h3*2,7H,1,4H2,(H,5,6);/q;;;+3/p-3. The molecular weight excluding hydrogens is 417 g/mol. The van der Waals surface area contributed by atoms with E-state index in [0.29, 0.717) is 0 Å². The Labute approximate surface area is 155 Å². The van der Waals surface area contributed by atoms with Gasteiger partial charge >= 0.3 is 18.0 Å². The normalized spacial score (nSPS) is 12.8. The molecule has 0 aliphatic heterocycles. The summed E-state index contributed by atoms with van der Waals surface area (Å²) in [5, 5.41) is 28.9. The van der Waals surface area contributed by atoms with Crippen LogP contribution in [0.2, 0.25) is 0 Å². The summed E-state index contributed by atoms with van der Waals surface area (Å²) in [7, 11) is 0. The molecule has 0 aromatic heterocycles. The van der Waals surface area contributed by atoms with Gasteiger partial charge in [-0.25, -0.2) is 0 Å².